The van der Waals surface area contributed by atoms with E-state index >= 15 is 0 Å². The molecule has 0 N–H and O–H groups in total. The molecule has 0 heterocycles. The summed E-state index contributed by atoms with van der Waals surface area (Å²) in [5, 5.41) is 0. The van der Waals surface area contributed by atoms with Gasteiger partial charge in [-0.15, -0.1) is 0 Å². The molecular weight excluding hydrogens is 226 g/mol. The van der Waals surface area contributed by atoms with Crippen molar-refractivity contribution in [2.75, 3.05) is 0 Å². The van der Waals surface area contributed by atoms with Crippen LogP contribution in [0.1, 0.15) is 26.3 Å². The number of hydrogen-bond acceptors (Lipinski definition) is 2. The number of ether oxygens (including phenoxy) is 1. The van der Waals surface area contributed by atoms with Gasteiger partial charge in [0.1, 0.15) is 5.60 Å². The first-order valence-corrected chi connectivity index (χ1v) is 5.14. The predicted octanol–water partition coefficient (Wildman–Crippen LogP) is 3.32. The van der Waals surface area contributed by atoms with Crippen LogP contribution < -0.4 is 0 Å². The Kier molecular flexibility index (Phi) is 3.99. The van der Waals surface area contributed by atoms with Crippen LogP contribution in [0.5, 0.6) is 0 Å². The molecule has 92 valence electrons. The zero-order valence-electron chi connectivity index (χ0n) is 9.96. The lowest BCUT2D eigenvalue weighted by atomic mass is 10.2. The van der Waals surface area contributed by atoms with Crippen molar-refractivity contribution in [3.63, 3.8) is 0 Å². The van der Waals surface area contributed by atoms with Crippen LogP contribution in [-0.2, 0) is 9.53 Å². The van der Waals surface area contributed by atoms with Gasteiger partial charge < -0.3 is 4.74 Å². The summed E-state index contributed by atoms with van der Waals surface area (Å²) >= 11 is 0. The highest BCUT2D eigenvalue weighted by atomic mass is 19.2. The third-order valence-electron chi connectivity index (χ3n) is 1.76. The second-order valence-electron chi connectivity index (χ2n) is 4.54. The molecule has 0 unspecified atom stereocenters. The van der Waals surface area contributed by atoms with E-state index in [1.54, 1.807) is 20.8 Å². The minimum Gasteiger partial charge on any atom is -0.457 e. The summed E-state index contributed by atoms with van der Waals surface area (Å²) in [4.78, 5) is 11.3. The van der Waals surface area contributed by atoms with Gasteiger partial charge >= 0.3 is 5.97 Å². The van der Waals surface area contributed by atoms with E-state index in [2.05, 4.69) is 0 Å². The quantitative estimate of drug-likeness (QED) is 0.585. The molecule has 17 heavy (non-hydrogen) atoms. The van der Waals surface area contributed by atoms with Crippen LogP contribution in [-0.4, -0.2) is 11.6 Å². The standard InChI is InChI=1S/C13H14F2O2/c1-13(2,3)17-12(16)7-5-9-4-6-10(14)11(15)8-9/h4-8H,1-3H3. The molecule has 1 aromatic carbocycles. The Morgan fingerprint density at radius 1 is 1.24 bits per heavy atom. The van der Waals surface area contributed by atoms with Gasteiger partial charge in [-0.2, -0.15) is 0 Å². The van der Waals surface area contributed by atoms with E-state index in [1.165, 1.54) is 18.2 Å². The Bertz CT molecular complexity index is 445. The second-order valence-corrected chi connectivity index (χ2v) is 4.54. The lowest BCUT2D eigenvalue weighted by Gasteiger charge is -2.17. The van der Waals surface area contributed by atoms with E-state index in [4.69, 9.17) is 4.74 Å². The second kappa shape index (κ2) is 5.08. The molecule has 1 rings (SSSR count). The number of benzene rings is 1. The predicted molar refractivity (Wildman–Crippen MR) is 61.2 cm³/mol. The van der Waals surface area contributed by atoms with Gasteiger partial charge in [0.15, 0.2) is 11.6 Å². The summed E-state index contributed by atoms with van der Waals surface area (Å²) in [6.45, 7) is 5.24. The molecule has 2 nitrogen and oxygen atoms in total. The Morgan fingerprint density at radius 3 is 2.41 bits per heavy atom. The summed E-state index contributed by atoms with van der Waals surface area (Å²) in [5.41, 5.74) is -0.176. The minimum absolute atomic E-state index is 0.398. The van der Waals surface area contributed by atoms with E-state index in [-0.39, 0.29) is 0 Å². The van der Waals surface area contributed by atoms with Crippen molar-refractivity contribution >= 4 is 12.0 Å². The molecule has 4 heteroatoms. The van der Waals surface area contributed by atoms with Gasteiger partial charge in [-0.3, -0.25) is 0 Å². The molecule has 0 aliphatic heterocycles. The van der Waals surface area contributed by atoms with Crippen molar-refractivity contribution in [1.82, 2.24) is 0 Å². The highest BCUT2D eigenvalue weighted by molar-refractivity contribution is 5.87. The van der Waals surface area contributed by atoms with Crippen molar-refractivity contribution in [2.45, 2.75) is 26.4 Å². The van der Waals surface area contributed by atoms with E-state index in [1.807, 2.05) is 0 Å². The average Bonchev–Trinajstić information content (AvgIpc) is 2.17. The number of hydrogen-bond donors (Lipinski definition) is 0. The van der Waals surface area contributed by atoms with Crippen molar-refractivity contribution in [3.05, 3.63) is 41.5 Å². The summed E-state index contributed by atoms with van der Waals surface area (Å²) in [7, 11) is 0. The number of halogens is 2. The SMILES string of the molecule is CC(C)(C)OC(=O)C=Cc1ccc(F)c(F)c1. The van der Waals surface area contributed by atoms with Crippen LogP contribution in [0.4, 0.5) is 8.78 Å². The fourth-order valence-corrected chi connectivity index (χ4v) is 1.12. The number of carbonyl (C=O) groups excluding carboxylic acids is 1. The highest BCUT2D eigenvalue weighted by Gasteiger charge is 2.13. The van der Waals surface area contributed by atoms with Gasteiger partial charge in [0.05, 0.1) is 0 Å². The van der Waals surface area contributed by atoms with Gasteiger partial charge in [0.2, 0.25) is 0 Å². The van der Waals surface area contributed by atoms with Crippen molar-refractivity contribution in [3.8, 4) is 0 Å². The molecule has 1 aromatic rings. The number of rotatable bonds is 2. The van der Waals surface area contributed by atoms with E-state index in [0.717, 1.165) is 12.1 Å². The van der Waals surface area contributed by atoms with Crippen LogP contribution in [0, 0.1) is 11.6 Å². The Hall–Kier alpha value is -1.71. The average molecular weight is 240 g/mol. The fourth-order valence-electron chi connectivity index (χ4n) is 1.12. The molecule has 0 saturated carbocycles. The molecule has 0 saturated heterocycles. The minimum atomic E-state index is -0.948. The monoisotopic (exact) mass is 240 g/mol. The maximum absolute atomic E-state index is 12.8. The van der Waals surface area contributed by atoms with Gasteiger partial charge in [0, 0.05) is 6.08 Å². The first-order valence-electron chi connectivity index (χ1n) is 5.14. The summed E-state index contributed by atoms with van der Waals surface area (Å²) < 4.78 is 30.5. The van der Waals surface area contributed by atoms with E-state index < -0.39 is 23.2 Å². The van der Waals surface area contributed by atoms with Crippen molar-refractivity contribution in [1.29, 1.82) is 0 Å². The molecule has 0 aliphatic carbocycles. The molecular formula is C13H14F2O2. The normalized spacial score (nSPS) is 11.8. The van der Waals surface area contributed by atoms with Crippen LogP contribution in [0.25, 0.3) is 6.08 Å². The van der Waals surface area contributed by atoms with Crippen LogP contribution in [0.3, 0.4) is 0 Å². The lowest BCUT2D eigenvalue weighted by Crippen LogP contribution is -2.22. The zero-order chi connectivity index (χ0) is 13.1. The molecule has 0 spiro atoms. The van der Waals surface area contributed by atoms with Crippen LogP contribution in [0.2, 0.25) is 0 Å². The van der Waals surface area contributed by atoms with Gasteiger partial charge in [-0.25, -0.2) is 13.6 Å². The molecule has 0 radical (unpaired) electrons. The van der Waals surface area contributed by atoms with Gasteiger partial charge in [-0.1, -0.05) is 6.07 Å². The number of esters is 1. The van der Waals surface area contributed by atoms with Crippen LogP contribution >= 0.6 is 0 Å². The van der Waals surface area contributed by atoms with Gasteiger partial charge in [0.25, 0.3) is 0 Å². The van der Waals surface area contributed by atoms with E-state index in [0.29, 0.717) is 5.56 Å². The third kappa shape index (κ3) is 4.76. The smallest absolute Gasteiger partial charge is 0.331 e. The first kappa shape index (κ1) is 13.4. The van der Waals surface area contributed by atoms with E-state index in [9.17, 15) is 13.6 Å². The van der Waals surface area contributed by atoms with Crippen LogP contribution in [0.15, 0.2) is 24.3 Å². The topological polar surface area (TPSA) is 26.3 Å². The maximum Gasteiger partial charge on any atom is 0.331 e. The third-order valence-corrected chi connectivity index (χ3v) is 1.76. The highest BCUT2D eigenvalue weighted by Crippen LogP contribution is 2.11. The summed E-state index contributed by atoms with van der Waals surface area (Å²) in [6, 6.07) is 3.39. The Labute approximate surface area is 98.9 Å². The zero-order valence-corrected chi connectivity index (χ0v) is 9.96. The maximum atomic E-state index is 12.8. The summed E-state index contributed by atoms with van der Waals surface area (Å²) in [6.07, 6.45) is 2.55. The van der Waals surface area contributed by atoms with Crippen molar-refractivity contribution < 1.29 is 18.3 Å². The largest absolute Gasteiger partial charge is 0.457 e. The van der Waals surface area contributed by atoms with Crippen molar-refractivity contribution in [2.24, 2.45) is 0 Å². The molecule has 0 aliphatic rings. The fraction of sp³-hybridized carbons (Fsp3) is 0.308. The molecule has 0 amide bonds. The Balaban J connectivity index is 2.71. The number of carbonyl (C=O) groups is 1. The molecule has 0 bridgehead atoms. The lowest BCUT2D eigenvalue weighted by molar-refractivity contribution is -0.148. The Morgan fingerprint density at radius 2 is 1.88 bits per heavy atom. The molecule has 0 atom stereocenters. The molecule has 0 aromatic heterocycles. The first-order chi connectivity index (χ1) is 7.78. The molecule has 0 fully saturated rings. The summed E-state index contributed by atoms with van der Waals surface area (Å²) in [5.74, 6) is -2.39. The van der Waals surface area contributed by atoms with Gasteiger partial charge in [-0.05, 0) is 44.5 Å².